The topological polar surface area (TPSA) is 67.6 Å². The van der Waals surface area contributed by atoms with Gasteiger partial charge in [-0.25, -0.2) is 0 Å². The molecular formula is C18H24N6O. The van der Waals surface area contributed by atoms with Crippen LogP contribution in [-0.2, 0) is 13.6 Å². The number of aryl methyl sites for hydroxylation is 1. The van der Waals surface area contributed by atoms with Gasteiger partial charge in [0, 0.05) is 27.2 Å². The summed E-state index contributed by atoms with van der Waals surface area (Å²) in [6.07, 6.45) is 4.93. The predicted molar refractivity (Wildman–Crippen MR) is 98.4 cm³/mol. The van der Waals surface area contributed by atoms with Gasteiger partial charge in [0.15, 0.2) is 11.8 Å². The van der Waals surface area contributed by atoms with Crippen LogP contribution in [0.2, 0.25) is 0 Å². The lowest BCUT2D eigenvalue weighted by atomic mass is 9.99. The number of ether oxygens (including phenoxy) is 1. The second-order valence-corrected chi connectivity index (χ2v) is 5.92. The van der Waals surface area contributed by atoms with Crippen molar-refractivity contribution in [1.29, 1.82) is 0 Å². The van der Waals surface area contributed by atoms with Gasteiger partial charge in [-0.15, -0.1) is 10.2 Å². The van der Waals surface area contributed by atoms with Crippen LogP contribution in [0.25, 0.3) is 5.57 Å². The molecule has 0 bridgehead atoms. The van der Waals surface area contributed by atoms with E-state index in [2.05, 4.69) is 43.6 Å². The van der Waals surface area contributed by atoms with Gasteiger partial charge in [0.25, 0.3) is 0 Å². The van der Waals surface area contributed by atoms with E-state index in [9.17, 15) is 0 Å². The molecule has 3 rings (SSSR count). The predicted octanol–water partition coefficient (Wildman–Crippen LogP) is 1.69. The third-order valence-corrected chi connectivity index (χ3v) is 4.37. The van der Waals surface area contributed by atoms with E-state index in [-0.39, 0.29) is 0 Å². The highest BCUT2D eigenvalue weighted by molar-refractivity contribution is 5.81. The highest BCUT2D eigenvalue weighted by atomic mass is 16.5. The van der Waals surface area contributed by atoms with Crippen LogP contribution in [0.15, 0.2) is 41.7 Å². The van der Waals surface area contributed by atoms with Gasteiger partial charge in [-0.1, -0.05) is 18.2 Å². The molecule has 0 saturated carbocycles. The number of benzene rings is 1. The number of hydrogen-bond donors (Lipinski definition) is 1. The van der Waals surface area contributed by atoms with Crippen molar-refractivity contribution in [1.82, 2.24) is 25.0 Å². The highest BCUT2D eigenvalue weighted by Gasteiger charge is 2.17. The molecular weight excluding hydrogens is 316 g/mol. The van der Waals surface area contributed by atoms with Gasteiger partial charge >= 0.3 is 0 Å². The molecule has 1 aromatic carbocycles. The maximum absolute atomic E-state index is 5.32. The number of nitrogens with one attached hydrogen (secondary N) is 1. The molecule has 1 aliphatic heterocycles. The number of nitrogens with zero attached hydrogens (tertiary/aromatic N) is 5. The molecule has 0 unspecified atom stereocenters. The minimum atomic E-state index is 0.603. The molecule has 132 valence electrons. The highest BCUT2D eigenvalue weighted by Crippen LogP contribution is 2.25. The zero-order valence-electron chi connectivity index (χ0n) is 14.9. The van der Waals surface area contributed by atoms with Gasteiger partial charge < -0.3 is 19.5 Å². The van der Waals surface area contributed by atoms with Crippen molar-refractivity contribution in [2.45, 2.75) is 13.0 Å². The molecule has 7 nitrogen and oxygen atoms in total. The number of methoxy groups -OCH3 is 1. The quantitative estimate of drug-likeness (QED) is 0.678. The average molecular weight is 340 g/mol. The molecule has 0 spiro atoms. The summed E-state index contributed by atoms with van der Waals surface area (Å²) in [6.45, 7) is 2.35. The molecule has 0 saturated heterocycles. The van der Waals surface area contributed by atoms with E-state index >= 15 is 0 Å². The summed E-state index contributed by atoms with van der Waals surface area (Å²) < 4.78 is 7.22. The van der Waals surface area contributed by atoms with E-state index in [4.69, 9.17) is 4.74 Å². The zero-order valence-corrected chi connectivity index (χ0v) is 14.9. The molecule has 7 heteroatoms. The Labute approximate surface area is 148 Å². The Morgan fingerprint density at radius 3 is 2.92 bits per heavy atom. The molecule has 25 heavy (non-hydrogen) atoms. The first-order chi connectivity index (χ1) is 12.2. The standard InChI is InChI=1S/C18H24N6O/c1-19-18(20-12-17-22-21-13-23(17)2)24-9-7-14(8-10-24)15-5-4-6-16(11-15)25-3/h4-7,11,13H,8-10,12H2,1-3H3,(H,19,20). The van der Waals surface area contributed by atoms with E-state index in [0.717, 1.165) is 37.0 Å². The lowest BCUT2D eigenvalue weighted by Gasteiger charge is -2.29. The lowest BCUT2D eigenvalue weighted by Crippen LogP contribution is -2.43. The van der Waals surface area contributed by atoms with Crippen molar-refractivity contribution >= 4 is 11.5 Å². The molecule has 0 radical (unpaired) electrons. The summed E-state index contributed by atoms with van der Waals surface area (Å²) >= 11 is 0. The van der Waals surface area contributed by atoms with Crippen LogP contribution in [0.3, 0.4) is 0 Å². The Morgan fingerprint density at radius 1 is 1.40 bits per heavy atom. The molecule has 0 atom stereocenters. The fourth-order valence-electron chi connectivity index (χ4n) is 2.90. The van der Waals surface area contributed by atoms with E-state index in [0.29, 0.717) is 6.54 Å². The Morgan fingerprint density at radius 2 is 2.28 bits per heavy atom. The molecule has 2 aromatic rings. The van der Waals surface area contributed by atoms with E-state index < -0.39 is 0 Å². The van der Waals surface area contributed by atoms with Crippen molar-refractivity contribution in [3.63, 3.8) is 0 Å². The fourth-order valence-corrected chi connectivity index (χ4v) is 2.90. The SMILES string of the molecule is CN=C(NCc1nncn1C)N1CC=C(c2cccc(OC)c2)CC1. The first kappa shape index (κ1) is 17.0. The van der Waals surface area contributed by atoms with Crippen LogP contribution in [0.5, 0.6) is 5.75 Å². The number of hydrogen-bond acceptors (Lipinski definition) is 4. The van der Waals surface area contributed by atoms with Gasteiger partial charge in [0.1, 0.15) is 12.1 Å². The average Bonchev–Trinajstić information content (AvgIpc) is 3.08. The maximum atomic E-state index is 5.32. The number of aromatic nitrogens is 3. The minimum Gasteiger partial charge on any atom is -0.497 e. The fraction of sp³-hybridized carbons (Fsp3) is 0.389. The number of guanidine groups is 1. The molecule has 2 heterocycles. The summed E-state index contributed by atoms with van der Waals surface area (Å²) in [6, 6.07) is 8.22. The Balaban J connectivity index is 1.63. The third kappa shape index (κ3) is 3.99. The van der Waals surface area contributed by atoms with Gasteiger partial charge in [0.2, 0.25) is 0 Å². The van der Waals surface area contributed by atoms with Crippen LogP contribution in [-0.4, -0.2) is 52.9 Å². The van der Waals surface area contributed by atoms with Crippen molar-refractivity contribution in [3.05, 3.63) is 48.1 Å². The van der Waals surface area contributed by atoms with Crippen LogP contribution >= 0.6 is 0 Å². The van der Waals surface area contributed by atoms with Crippen LogP contribution in [0, 0.1) is 0 Å². The maximum Gasteiger partial charge on any atom is 0.194 e. The first-order valence-electron chi connectivity index (χ1n) is 8.33. The second kappa shape index (κ2) is 7.83. The van der Waals surface area contributed by atoms with Crippen LogP contribution < -0.4 is 10.1 Å². The number of aliphatic imine (C=N–C) groups is 1. The summed E-state index contributed by atoms with van der Waals surface area (Å²) in [4.78, 5) is 6.63. The normalized spacial score (nSPS) is 15.1. The summed E-state index contributed by atoms with van der Waals surface area (Å²) in [5.41, 5.74) is 2.57. The summed E-state index contributed by atoms with van der Waals surface area (Å²) in [7, 11) is 5.44. The number of rotatable bonds is 4. The largest absolute Gasteiger partial charge is 0.497 e. The zero-order chi connectivity index (χ0) is 17.6. The molecule has 0 fully saturated rings. The van der Waals surface area contributed by atoms with Crippen molar-refractivity contribution in [2.75, 3.05) is 27.2 Å². The molecule has 1 N–H and O–H groups in total. The Kier molecular flexibility index (Phi) is 5.33. The first-order valence-corrected chi connectivity index (χ1v) is 8.33. The molecule has 1 aromatic heterocycles. The van der Waals surface area contributed by atoms with Gasteiger partial charge in [0.05, 0.1) is 13.7 Å². The van der Waals surface area contributed by atoms with Gasteiger partial charge in [-0.05, 0) is 29.7 Å². The van der Waals surface area contributed by atoms with Gasteiger partial charge in [-0.3, -0.25) is 4.99 Å². The van der Waals surface area contributed by atoms with E-state index in [1.807, 2.05) is 23.7 Å². The van der Waals surface area contributed by atoms with Crippen molar-refractivity contribution < 1.29 is 4.74 Å². The van der Waals surface area contributed by atoms with Crippen molar-refractivity contribution in [3.8, 4) is 5.75 Å². The van der Waals surface area contributed by atoms with Crippen LogP contribution in [0.1, 0.15) is 17.8 Å². The smallest absolute Gasteiger partial charge is 0.194 e. The molecule has 0 aliphatic carbocycles. The summed E-state index contributed by atoms with van der Waals surface area (Å²) in [5, 5.41) is 11.3. The van der Waals surface area contributed by atoms with Crippen molar-refractivity contribution in [2.24, 2.45) is 12.0 Å². The second-order valence-electron chi connectivity index (χ2n) is 5.92. The monoisotopic (exact) mass is 340 g/mol. The lowest BCUT2D eigenvalue weighted by molar-refractivity contribution is 0.414. The van der Waals surface area contributed by atoms with E-state index in [1.165, 1.54) is 11.1 Å². The molecule has 0 amide bonds. The summed E-state index contributed by atoms with van der Waals surface area (Å²) in [5.74, 6) is 2.65. The van der Waals surface area contributed by atoms with Gasteiger partial charge in [-0.2, -0.15) is 0 Å². The van der Waals surface area contributed by atoms with E-state index in [1.54, 1.807) is 20.5 Å². The minimum absolute atomic E-state index is 0.603. The molecule has 1 aliphatic rings. The van der Waals surface area contributed by atoms with Crippen LogP contribution in [0.4, 0.5) is 0 Å². The Hall–Kier alpha value is -2.83. The Bertz CT molecular complexity index is 779. The third-order valence-electron chi connectivity index (χ3n) is 4.37.